The van der Waals surface area contributed by atoms with Crippen molar-refractivity contribution in [3.8, 4) is 0 Å². The lowest BCUT2D eigenvalue weighted by Crippen LogP contribution is -2.38. The minimum absolute atomic E-state index is 0.0280. The molecule has 1 aromatic heterocycles. The predicted octanol–water partition coefficient (Wildman–Crippen LogP) is 2.94. The molecule has 0 aliphatic carbocycles. The Bertz CT molecular complexity index is 640. The van der Waals surface area contributed by atoms with E-state index in [9.17, 15) is 9.59 Å². The van der Waals surface area contributed by atoms with Crippen molar-refractivity contribution in [1.29, 1.82) is 0 Å². The fourth-order valence-electron chi connectivity index (χ4n) is 2.03. The van der Waals surface area contributed by atoms with Crippen molar-refractivity contribution in [2.75, 3.05) is 18.4 Å². The van der Waals surface area contributed by atoms with Gasteiger partial charge in [0.05, 0.1) is 0 Å². The summed E-state index contributed by atoms with van der Waals surface area (Å²) in [6.45, 7) is 4.47. The zero-order valence-electron chi connectivity index (χ0n) is 12.7. The van der Waals surface area contributed by atoms with Gasteiger partial charge >= 0.3 is 0 Å². The fourth-order valence-corrected chi connectivity index (χ4v) is 2.71. The van der Waals surface area contributed by atoms with E-state index in [0.717, 1.165) is 11.3 Å². The molecule has 1 heterocycles. The molecule has 0 fully saturated rings. The van der Waals surface area contributed by atoms with Crippen LogP contribution in [0.4, 0.5) is 5.13 Å². The molecule has 0 unspecified atom stereocenters. The first kappa shape index (κ1) is 16.2. The van der Waals surface area contributed by atoms with E-state index in [1.807, 2.05) is 32.0 Å². The van der Waals surface area contributed by atoms with Gasteiger partial charge in [-0.2, -0.15) is 0 Å². The Morgan fingerprint density at radius 1 is 1.27 bits per heavy atom. The highest BCUT2D eigenvalue weighted by molar-refractivity contribution is 7.15. The summed E-state index contributed by atoms with van der Waals surface area (Å²) in [6, 6.07) is 9.00. The molecular formula is C16H19N3O2S. The summed E-state index contributed by atoms with van der Waals surface area (Å²) in [6.07, 6.45) is 2.50. The van der Waals surface area contributed by atoms with Crippen molar-refractivity contribution in [3.63, 3.8) is 0 Å². The van der Waals surface area contributed by atoms with Crippen LogP contribution in [-0.4, -0.2) is 34.8 Å². The van der Waals surface area contributed by atoms with Gasteiger partial charge in [0.25, 0.3) is 5.91 Å². The number of nitrogens with zero attached hydrogens (tertiary/aromatic N) is 2. The quantitative estimate of drug-likeness (QED) is 0.891. The summed E-state index contributed by atoms with van der Waals surface area (Å²) in [5, 5.41) is 3.29. The van der Waals surface area contributed by atoms with Crippen LogP contribution in [0.1, 0.15) is 28.6 Å². The van der Waals surface area contributed by atoms with Crippen LogP contribution in [-0.2, 0) is 4.79 Å². The Hall–Kier alpha value is -2.21. The standard InChI is InChI=1S/C16H19N3O2S/c1-3-9-19(15(21)13-7-5-4-6-8-13)11-14(20)18-16-17-10-12(2)22-16/h4-8,10H,3,9,11H2,1-2H3,(H,17,18,20). The minimum atomic E-state index is -0.230. The first-order valence-electron chi connectivity index (χ1n) is 7.16. The molecule has 2 amide bonds. The maximum Gasteiger partial charge on any atom is 0.254 e. The topological polar surface area (TPSA) is 62.3 Å². The number of rotatable bonds is 6. The highest BCUT2D eigenvalue weighted by Crippen LogP contribution is 2.16. The number of hydrogen-bond donors (Lipinski definition) is 1. The number of carbonyl (C=O) groups is 2. The van der Waals surface area contributed by atoms with E-state index in [2.05, 4.69) is 10.3 Å². The van der Waals surface area contributed by atoms with Gasteiger partial charge in [-0.1, -0.05) is 25.1 Å². The molecule has 1 aromatic carbocycles. The highest BCUT2D eigenvalue weighted by Gasteiger charge is 2.18. The van der Waals surface area contributed by atoms with Crippen molar-refractivity contribution in [2.45, 2.75) is 20.3 Å². The molecule has 0 spiro atoms. The number of aromatic nitrogens is 1. The molecule has 116 valence electrons. The summed E-state index contributed by atoms with van der Waals surface area (Å²) in [5.41, 5.74) is 0.592. The SMILES string of the molecule is CCCN(CC(=O)Nc1ncc(C)s1)C(=O)c1ccccc1. The van der Waals surface area contributed by atoms with Crippen LogP contribution in [0.3, 0.4) is 0 Å². The molecule has 0 aliphatic heterocycles. The third kappa shape index (κ3) is 4.39. The van der Waals surface area contributed by atoms with E-state index in [0.29, 0.717) is 17.2 Å². The van der Waals surface area contributed by atoms with Gasteiger partial charge in [0.2, 0.25) is 5.91 Å². The van der Waals surface area contributed by atoms with Gasteiger partial charge in [-0.25, -0.2) is 4.98 Å². The van der Waals surface area contributed by atoms with Gasteiger partial charge in [-0.05, 0) is 25.5 Å². The second-order valence-electron chi connectivity index (χ2n) is 4.92. The van der Waals surface area contributed by atoms with Gasteiger partial charge < -0.3 is 10.2 Å². The number of amides is 2. The van der Waals surface area contributed by atoms with Crippen LogP contribution in [0.25, 0.3) is 0 Å². The van der Waals surface area contributed by atoms with E-state index in [4.69, 9.17) is 0 Å². The van der Waals surface area contributed by atoms with Crippen LogP contribution in [0.2, 0.25) is 0 Å². The predicted molar refractivity (Wildman–Crippen MR) is 88.1 cm³/mol. The number of aryl methyl sites for hydroxylation is 1. The largest absolute Gasteiger partial charge is 0.329 e. The maximum absolute atomic E-state index is 12.5. The van der Waals surface area contributed by atoms with Crippen LogP contribution in [0.15, 0.2) is 36.5 Å². The second kappa shape index (κ2) is 7.70. The average Bonchev–Trinajstić information content (AvgIpc) is 2.92. The number of benzene rings is 1. The fraction of sp³-hybridized carbons (Fsp3) is 0.312. The molecule has 2 aromatic rings. The maximum atomic E-state index is 12.5. The number of hydrogen-bond acceptors (Lipinski definition) is 4. The third-order valence-corrected chi connectivity index (χ3v) is 3.83. The molecule has 0 aliphatic rings. The summed E-state index contributed by atoms with van der Waals surface area (Å²) < 4.78 is 0. The Balaban J connectivity index is 2.02. The van der Waals surface area contributed by atoms with Crippen molar-refractivity contribution in [2.24, 2.45) is 0 Å². The Kier molecular flexibility index (Phi) is 5.66. The molecule has 1 N–H and O–H groups in total. The normalized spacial score (nSPS) is 10.3. The van der Waals surface area contributed by atoms with Crippen molar-refractivity contribution >= 4 is 28.3 Å². The molecular weight excluding hydrogens is 298 g/mol. The molecule has 5 nitrogen and oxygen atoms in total. The average molecular weight is 317 g/mol. The van der Waals surface area contributed by atoms with E-state index in [1.165, 1.54) is 11.3 Å². The Morgan fingerprint density at radius 2 is 2.00 bits per heavy atom. The first-order valence-corrected chi connectivity index (χ1v) is 7.98. The smallest absolute Gasteiger partial charge is 0.254 e. The molecule has 0 bridgehead atoms. The van der Waals surface area contributed by atoms with Gasteiger partial charge in [0, 0.05) is 23.2 Å². The Labute approximate surface area is 134 Å². The summed E-state index contributed by atoms with van der Waals surface area (Å²) in [5.74, 6) is -0.361. The lowest BCUT2D eigenvalue weighted by molar-refractivity contribution is -0.116. The molecule has 0 atom stereocenters. The van der Waals surface area contributed by atoms with Crippen molar-refractivity contribution in [1.82, 2.24) is 9.88 Å². The molecule has 0 saturated heterocycles. The molecule has 22 heavy (non-hydrogen) atoms. The number of nitrogens with one attached hydrogen (secondary N) is 1. The van der Waals surface area contributed by atoms with E-state index < -0.39 is 0 Å². The van der Waals surface area contributed by atoms with Gasteiger partial charge in [-0.15, -0.1) is 11.3 Å². The third-order valence-electron chi connectivity index (χ3n) is 3.00. The van der Waals surface area contributed by atoms with E-state index >= 15 is 0 Å². The highest BCUT2D eigenvalue weighted by atomic mass is 32.1. The van der Waals surface area contributed by atoms with Crippen LogP contribution in [0.5, 0.6) is 0 Å². The van der Waals surface area contributed by atoms with E-state index in [-0.39, 0.29) is 18.4 Å². The summed E-state index contributed by atoms with van der Waals surface area (Å²) in [7, 11) is 0. The minimum Gasteiger partial charge on any atom is -0.329 e. The van der Waals surface area contributed by atoms with Crippen LogP contribution >= 0.6 is 11.3 Å². The lowest BCUT2D eigenvalue weighted by atomic mass is 10.2. The zero-order chi connectivity index (χ0) is 15.9. The Morgan fingerprint density at radius 3 is 2.59 bits per heavy atom. The monoisotopic (exact) mass is 317 g/mol. The summed E-state index contributed by atoms with van der Waals surface area (Å²) in [4.78, 5) is 31.2. The number of anilines is 1. The van der Waals surface area contributed by atoms with Crippen LogP contribution in [0, 0.1) is 6.92 Å². The van der Waals surface area contributed by atoms with Crippen LogP contribution < -0.4 is 5.32 Å². The first-order chi connectivity index (χ1) is 10.6. The molecule has 0 saturated carbocycles. The molecule has 2 rings (SSSR count). The number of carbonyl (C=O) groups excluding carboxylic acids is 2. The summed E-state index contributed by atoms with van der Waals surface area (Å²) >= 11 is 1.41. The van der Waals surface area contributed by atoms with Gasteiger partial charge in [-0.3, -0.25) is 9.59 Å². The van der Waals surface area contributed by atoms with Gasteiger partial charge in [0.1, 0.15) is 6.54 Å². The lowest BCUT2D eigenvalue weighted by Gasteiger charge is -2.21. The van der Waals surface area contributed by atoms with Crippen molar-refractivity contribution < 1.29 is 9.59 Å². The van der Waals surface area contributed by atoms with Gasteiger partial charge in [0.15, 0.2) is 5.13 Å². The number of thiazole rings is 1. The van der Waals surface area contributed by atoms with E-state index in [1.54, 1.807) is 23.2 Å². The zero-order valence-corrected chi connectivity index (χ0v) is 13.5. The van der Waals surface area contributed by atoms with Crippen molar-refractivity contribution in [3.05, 3.63) is 47.0 Å². The molecule has 6 heteroatoms. The second-order valence-corrected chi connectivity index (χ2v) is 6.15. The molecule has 0 radical (unpaired) electrons.